The zero-order valence-corrected chi connectivity index (χ0v) is 15.5. The molecule has 0 radical (unpaired) electrons. The molecule has 3 aromatic rings. The lowest BCUT2D eigenvalue weighted by Crippen LogP contribution is -2.36. The zero-order chi connectivity index (χ0) is 19.3. The Bertz CT molecular complexity index is 1040. The van der Waals surface area contributed by atoms with Gasteiger partial charge in [-0.2, -0.15) is 0 Å². The van der Waals surface area contributed by atoms with Crippen LogP contribution in [0.2, 0.25) is 0 Å². The van der Waals surface area contributed by atoms with Gasteiger partial charge in [-0.25, -0.2) is 4.98 Å². The lowest BCUT2D eigenvalue weighted by atomic mass is 10.1. The second kappa shape index (κ2) is 8.33. The summed E-state index contributed by atoms with van der Waals surface area (Å²) in [5.74, 6) is -0.420. The Labute approximate surface area is 162 Å². The van der Waals surface area contributed by atoms with Crippen molar-refractivity contribution in [2.24, 2.45) is 0 Å². The summed E-state index contributed by atoms with van der Waals surface area (Å²) in [5.41, 5.74) is 2.38. The predicted octanol–water partition coefficient (Wildman–Crippen LogP) is 1.46. The summed E-state index contributed by atoms with van der Waals surface area (Å²) >= 11 is 0. The molecule has 4 rings (SSSR count). The molecule has 7 heteroatoms. The number of ether oxygens (including phenoxy) is 1. The predicted molar refractivity (Wildman–Crippen MR) is 105 cm³/mol. The number of hydrogen-bond acceptors (Lipinski definition) is 5. The fraction of sp³-hybridized carbons (Fsp3) is 0.286. The number of aromatic nitrogens is 2. The van der Waals surface area contributed by atoms with Gasteiger partial charge >= 0.3 is 0 Å². The molecule has 1 aromatic carbocycles. The third kappa shape index (κ3) is 3.95. The maximum Gasteiger partial charge on any atom is 0.270 e. The molecule has 1 saturated heterocycles. The van der Waals surface area contributed by atoms with Crippen LogP contribution in [0.5, 0.6) is 0 Å². The van der Waals surface area contributed by atoms with Gasteiger partial charge < -0.3 is 10.1 Å². The van der Waals surface area contributed by atoms with Gasteiger partial charge in [-0.1, -0.05) is 30.3 Å². The molecule has 0 unspecified atom stereocenters. The van der Waals surface area contributed by atoms with Crippen LogP contribution in [0.15, 0.2) is 59.7 Å². The monoisotopic (exact) mass is 378 g/mol. The number of rotatable bonds is 5. The van der Waals surface area contributed by atoms with Gasteiger partial charge in [0, 0.05) is 38.6 Å². The van der Waals surface area contributed by atoms with E-state index in [9.17, 15) is 9.59 Å². The Hall–Kier alpha value is -3.03. The summed E-state index contributed by atoms with van der Waals surface area (Å²) in [7, 11) is 0. The van der Waals surface area contributed by atoms with Crippen molar-refractivity contribution in [1.82, 2.24) is 19.6 Å². The quantitative estimate of drug-likeness (QED) is 0.727. The zero-order valence-electron chi connectivity index (χ0n) is 15.5. The molecule has 3 heterocycles. The van der Waals surface area contributed by atoms with Crippen LogP contribution in [0.25, 0.3) is 5.65 Å². The number of carbonyl (C=O) groups is 1. The summed E-state index contributed by atoms with van der Waals surface area (Å²) in [6.07, 6.45) is 2.95. The topological polar surface area (TPSA) is 75.9 Å². The van der Waals surface area contributed by atoms with Crippen LogP contribution >= 0.6 is 0 Å². The molecule has 2 aromatic heterocycles. The minimum absolute atomic E-state index is 0.0364. The van der Waals surface area contributed by atoms with Crippen molar-refractivity contribution < 1.29 is 9.53 Å². The number of nitrogens with zero attached hydrogens (tertiary/aromatic N) is 3. The van der Waals surface area contributed by atoms with E-state index in [1.165, 1.54) is 10.6 Å². The van der Waals surface area contributed by atoms with Crippen LogP contribution in [0.4, 0.5) is 0 Å². The van der Waals surface area contributed by atoms with Crippen molar-refractivity contribution in [3.63, 3.8) is 0 Å². The van der Waals surface area contributed by atoms with Crippen molar-refractivity contribution in [1.29, 1.82) is 0 Å². The Morgan fingerprint density at radius 1 is 1.07 bits per heavy atom. The van der Waals surface area contributed by atoms with E-state index in [0.717, 1.165) is 44.0 Å². The van der Waals surface area contributed by atoms with Gasteiger partial charge in [0.05, 0.1) is 13.2 Å². The van der Waals surface area contributed by atoms with E-state index < -0.39 is 5.91 Å². The summed E-state index contributed by atoms with van der Waals surface area (Å²) in [6, 6.07) is 13.3. The highest BCUT2D eigenvalue weighted by atomic mass is 16.5. The molecule has 1 fully saturated rings. The molecule has 1 N–H and O–H groups in total. The van der Waals surface area contributed by atoms with Gasteiger partial charge in [-0.15, -0.1) is 0 Å². The molecule has 144 valence electrons. The van der Waals surface area contributed by atoms with Crippen molar-refractivity contribution >= 4 is 11.6 Å². The molecule has 7 nitrogen and oxygen atoms in total. The summed E-state index contributed by atoms with van der Waals surface area (Å²) in [5, 5.41) is 2.86. The van der Waals surface area contributed by atoms with Gasteiger partial charge in [0.2, 0.25) is 0 Å². The van der Waals surface area contributed by atoms with E-state index in [-0.39, 0.29) is 11.1 Å². The fourth-order valence-corrected chi connectivity index (χ4v) is 3.34. The second-order valence-corrected chi connectivity index (χ2v) is 6.75. The van der Waals surface area contributed by atoms with Crippen molar-refractivity contribution in [3.05, 3.63) is 81.9 Å². The Morgan fingerprint density at radius 3 is 2.64 bits per heavy atom. The summed E-state index contributed by atoms with van der Waals surface area (Å²) in [4.78, 5) is 31.7. The van der Waals surface area contributed by atoms with Crippen LogP contribution in [-0.4, -0.2) is 46.5 Å². The highest BCUT2D eigenvalue weighted by Gasteiger charge is 2.15. The van der Waals surface area contributed by atoms with Gasteiger partial charge in [-0.05, 0) is 23.3 Å². The van der Waals surface area contributed by atoms with Gasteiger partial charge in [0.15, 0.2) is 0 Å². The highest BCUT2D eigenvalue weighted by Crippen LogP contribution is 2.13. The normalized spacial score (nSPS) is 14.9. The standard InChI is InChI=1S/C21H22N4O3/c26-20(18-14-22-19-7-3-4-8-25(19)21(18)27)23-13-16-5-1-2-6-17(16)15-24-9-11-28-12-10-24/h1-8,14H,9-13,15H2,(H,23,26). The van der Waals surface area contributed by atoms with E-state index in [1.54, 1.807) is 24.4 Å². The molecule has 1 aliphatic rings. The number of nitrogens with one attached hydrogen (secondary N) is 1. The number of hydrogen-bond donors (Lipinski definition) is 1. The molecule has 0 aliphatic carbocycles. The first kappa shape index (κ1) is 18.3. The first-order valence-corrected chi connectivity index (χ1v) is 9.34. The van der Waals surface area contributed by atoms with Crippen LogP contribution < -0.4 is 10.9 Å². The number of morpholine rings is 1. The van der Waals surface area contributed by atoms with E-state index in [0.29, 0.717) is 12.2 Å². The lowest BCUT2D eigenvalue weighted by molar-refractivity contribution is 0.0340. The number of benzene rings is 1. The maximum absolute atomic E-state index is 12.6. The maximum atomic E-state index is 12.6. The SMILES string of the molecule is O=C(NCc1ccccc1CN1CCOCC1)c1cnc2ccccn2c1=O. The summed E-state index contributed by atoms with van der Waals surface area (Å²) in [6.45, 7) is 4.47. The molecule has 0 bridgehead atoms. The van der Waals surface area contributed by atoms with Crippen molar-refractivity contribution in [2.75, 3.05) is 26.3 Å². The molecule has 0 atom stereocenters. The average Bonchev–Trinajstić information content (AvgIpc) is 2.74. The van der Waals surface area contributed by atoms with E-state index in [2.05, 4.69) is 21.3 Å². The van der Waals surface area contributed by atoms with Gasteiger partial charge in [-0.3, -0.25) is 18.9 Å². The first-order valence-electron chi connectivity index (χ1n) is 9.34. The van der Waals surface area contributed by atoms with Crippen LogP contribution in [0.1, 0.15) is 21.5 Å². The summed E-state index contributed by atoms with van der Waals surface area (Å²) < 4.78 is 6.78. The number of fused-ring (bicyclic) bond motifs is 1. The number of carbonyl (C=O) groups excluding carboxylic acids is 1. The largest absolute Gasteiger partial charge is 0.379 e. The van der Waals surface area contributed by atoms with Crippen LogP contribution in [-0.2, 0) is 17.8 Å². The molecule has 1 aliphatic heterocycles. The number of amides is 1. The average molecular weight is 378 g/mol. The second-order valence-electron chi connectivity index (χ2n) is 6.75. The highest BCUT2D eigenvalue weighted by molar-refractivity contribution is 5.93. The van der Waals surface area contributed by atoms with E-state index >= 15 is 0 Å². The molecule has 0 spiro atoms. The van der Waals surface area contributed by atoms with Gasteiger partial charge in [0.1, 0.15) is 11.2 Å². The minimum atomic E-state index is -0.420. The molecular formula is C21H22N4O3. The van der Waals surface area contributed by atoms with Crippen LogP contribution in [0.3, 0.4) is 0 Å². The Balaban J connectivity index is 1.48. The molecule has 1 amide bonds. The van der Waals surface area contributed by atoms with Crippen molar-refractivity contribution in [2.45, 2.75) is 13.1 Å². The minimum Gasteiger partial charge on any atom is -0.379 e. The molecular weight excluding hydrogens is 356 g/mol. The van der Waals surface area contributed by atoms with Gasteiger partial charge in [0.25, 0.3) is 11.5 Å². The first-order chi connectivity index (χ1) is 13.7. The third-order valence-corrected chi connectivity index (χ3v) is 4.91. The van der Waals surface area contributed by atoms with Crippen LogP contribution in [0, 0.1) is 0 Å². The Kier molecular flexibility index (Phi) is 5.45. The van der Waals surface area contributed by atoms with E-state index in [4.69, 9.17) is 4.74 Å². The number of pyridine rings is 1. The van der Waals surface area contributed by atoms with E-state index in [1.807, 2.05) is 18.2 Å². The fourth-order valence-electron chi connectivity index (χ4n) is 3.34. The lowest BCUT2D eigenvalue weighted by Gasteiger charge is -2.27. The smallest absolute Gasteiger partial charge is 0.270 e. The third-order valence-electron chi connectivity index (χ3n) is 4.91. The molecule has 0 saturated carbocycles. The Morgan fingerprint density at radius 2 is 1.82 bits per heavy atom. The molecule has 28 heavy (non-hydrogen) atoms. The van der Waals surface area contributed by atoms with Crippen molar-refractivity contribution in [3.8, 4) is 0 Å².